The van der Waals surface area contributed by atoms with Gasteiger partial charge in [0.15, 0.2) is 0 Å². The number of hydrogen-bond acceptors (Lipinski definition) is 2. The summed E-state index contributed by atoms with van der Waals surface area (Å²) in [6.45, 7) is 8.30. The Morgan fingerprint density at radius 2 is 1.87 bits per heavy atom. The largest absolute Gasteiger partial charge is 0.352 e. The van der Waals surface area contributed by atoms with Crippen molar-refractivity contribution in [2.75, 3.05) is 0 Å². The van der Waals surface area contributed by atoms with Crippen LogP contribution in [-0.4, -0.2) is 18.0 Å². The molecular formula is C12H26N2O. The maximum Gasteiger partial charge on any atom is 0.237 e. The molecule has 0 aliphatic carbocycles. The van der Waals surface area contributed by atoms with Gasteiger partial charge < -0.3 is 11.1 Å². The lowest BCUT2D eigenvalue weighted by Crippen LogP contribution is -2.48. The molecule has 0 aliphatic rings. The van der Waals surface area contributed by atoms with Gasteiger partial charge in [-0.3, -0.25) is 4.79 Å². The van der Waals surface area contributed by atoms with Crippen molar-refractivity contribution in [3.05, 3.63) is 0 Å². The van der Waals surface area contributed by atoms with E-state index in [-0.39, 0.29) is 23.9 Å². The molecular weight excluding hydrogens is 188 g/mol. The molecule has 3 nitrogen and oxygen atoms in total. The average molecular weight is 214 g/mol. The summed E-state index contributed by atoms with van der Waals surface area (Å²) < 4.78 is 0. The first-order chi connectivity index (χ1) is 7.06. The van der Waals surface area contributed by atoms with E-state index in [2.05, 4.69) is 26.1 Å². The van der Waals surface area contributed by atoms with Crippen LogP contribution in [0.1, 0.15) is 53.4 Å². The Hall–Kier alpha value is -0.570. The van der Waals surface area contributed by atoms with E-state index in [0.717, 1.165) is 25.7 Å². The van der Waals surface area contributed by atoms with Crippen LogP contribution in [0.2, 0.25) is 0 Å². The number of nitrogens with one attached hydrogen (secondary N) is 1. The van der Waals surface area contributed by atoms with Crippen LogP contribution in [0.15, 0.2) is 0 Å². The number of rotatable bonds is 7. The number of amides is 1. The minimum atomic E-state index is -0.360. The highest BCUT2D eigenvalue weighted by Crippen LogP contribution is 2.07. The van der Waals surface area contributed by atoms with E-state index in [0.29, 0.717) is 0 Å². The molecule has 0 fully saturated rings. The summed E-state index contributed by atoms with van der Waals surface area (Å²) in [6.07, 6.45) is 4.05. The summed E-state index contributed by atoms with van der Waals surface area (Å²) in [7, 11) is 0. The molecule has 3 atom stereocenters. The molecule has 0 saturated heterocycles. The third-order valence-corrected chi connectivity index (χ3v) is 3.04. The molecule has 0 rings (SSSR count). The van der Waals surface area contributed by atoms with Crippen LogP contribution in [0.4, 0.5) is 0 Å². The van der Waals surface area contributed by atoms with E-state index in [1.807, 2.05) is 6.92 Å². The molecule has 0 aliphatic heterocycles. The van der Waals surface area contributed by atoms with Gasteiger partial charge in [0.2, 0.25) is 5.91 Å². The molecule has 0 aromatic heterocycles. The maximum atomic E-state index is 11.8. The van der Waals surface area contributed by atoms with Crippen molar-refractivity contribution in [2.24, 2.45) is 11.7 Å². The Morgan fingerprint density at radius 1 is 1.27 bits per heavy atom. The highest BCUT2D eigenvalue weighted by molar-refractivity contribution is 5.82. The number of hydrogen-bond donors (Lipinski definition) is 2. The van der Waals surface area contributed by atoms with E-state index in [4.69, 9.17) is 5.73 Å². The minimum absolute atomic E-state index is 0.00431. The van der Waals surface area contributed by atoms with Crippen LogP contribution in [0.3, 0.4) is 0 Å². The highest BCUT2D eigenvalue weighted by atomic mass is 16.2. The molecule has 0 radical (unpaired) electrons. The quantitative estimate of drug-likeness (QED) is 0.681. The molecule has 3 N–H and O–H groups in total. The second kappa shape index (κ2) is 7.69. The predicted molar refractivity (Wildman–Crippen MR) is 64.6 cm³/mol. The number of carbonyl (C=O) groups is 1. The van der Waals surface area contributed by atoms with Gasteiger partial charge in [0, 0.05) is 6.04 Å². The molecule has 0 bridgehead atoms. The Balaban J connectivity index is 4.09. The van der Waals surface area contributed by atoms with Gasteiger partial charge in [-0.25, -0.2) is 0 Å². The highest BCUT2D eigenvalue weighted by Gasteiger charge is 2.20. The summed E-state index contributed by atoms with van der Waals surface area (Å²) >= 11 is 0. The number of carbonyl (C=O) groups excluding carboxylic acids is 1. The van der Waals surface area contributed by atoms with Gasteiger partial charge in [0.1, 0.15) is 0 Å². The van der Waals surface area contributed by atoms with Gasteiger partial charge in [-0.2, -0.15) is 0 Å². The van der Waals surface area contributed by atoms with Crippen molar-refractivity contribution in [1.29, 1.82) is 0 Å². The van der Waals surface area contributed by atoms with Crippen LogP contribution < -0.4 is 11.1 Å². The van der Waals surface area contributed by atoms with E-state index < -0.39 is 0 Å². The molecule has 15 heavy (non-hydrogen) atoms. The molecule has 1 unspecified atom stereocenters. The van der Waals surface area contributed by atoms with Gasteiger partial charge in [-0.15, -0.1) is 0 Å². The van der Waals surface area contributed by atoms with Crippen LogP contribution in [-0.2, 0) is 4.79 Å². The van der Waals surface area contributed by atoms with Crippen LogP contribution >= 0.6 is 0 Å². The SMILES string of the molecule is CCCC(CC)NC(=O)[C@@H](N)[C@@H](C)CC. The summed E-state index contributed by atoms with van der Waals surface area (Å²) in [5, 5.41) is 3.02. The maximum absolute atomic E-state index is 11.8. The zero-order valence-electron chi connectivity index (χ0n) is 10.5. The predicted octanol–water partition coefficient (Wildman–Crippen LogP) is 2.05. The van der Waals surface area contributed by atoms with Gasteiger partial charge >= 0.3 is 0 Å². The van der Waals surface area contributed by atoms with Crippen molar-refractivity contribution in [3.8, 4) is 0 Å². The Labute approximate surface area is 93.8 Å². The zero-order valence-corrected chi connectivity index (χ0v) is 10.5. The van der Waals surface area contributed by atoms with Gasteiger partial charge in [-0.05, 0) is 18.8 Å². The van der Waals surface area contributed by atoms with Crippen LogP contribution in [0, 0.1) is 5.92 Å². The van der Waals surface area contributed by atoms with Crippen molar-refractivity contribution < 1.29 is 4.79 Å². The summed E-state index contributed by atoms with van der Waals surface area (Å²) in [4.78, 5) is 11.8. The average Bonchev–Trinajstić information content (AvgIpc) is 2.26. The minimum Gasteiger partial charge on any atom is -0.352 e. The molecule has 0 aromatic rings. The number of nitrogens with two attached hydrogens (primary N) is 1. The zero-order chi connectivity index (χ0) is 11.8. The first kappa shape index (κ1) is 14.4. The Morgan fingerprint density at radius 3 is 2.27 bits per heavy atom. The molecule has 3 heteroatoms. The van der Waals surface area contributed by atoms with Gasteiger partial charge in [0.25, 0.3) is 0 Å². The first-order valence-electron chi connectivity index (χ1n) is 6.12. The lowest BCUT2D eigenvalue weighted by atomic mass is 9.98. The summed E-state index contributed by atoms with van der Waals surface area (Å²) in [6, 6.07) is -0.0708. The molecule has 0 aromatic carbocycles. The van der Waals surface area contributed by atoms with Gasteiger partial charge in [0.05, 0.1) is 6.04 Å². The smallest absolute Gasteiger partial charge is 0.237 e. The second-order valence-corrected chi connectivity index (χ2v) is 4.31. The van der Waals surface area contributed by atoms with Crippen molar-refractivity contribution in [2.45, 2.75) is 65.5 Å². The lowest BCUT2D eigenvalue weighted by Gasteiger charge is -2.22. The Kier molecular flexibility index (Phi) is 7.39. The lowest BCUT2D eigenvalue weighted by molar-refractivity contribution is -0.124. The fourth-order valence-corrected chi connectivity index (χ4v) is 1.54. The molecule has 90 valence electrons. The van der Waals surface area contributed by atoms with E-state index >= 15 is 0 Å². The van der Waals surface area contributed by atoms with E-state index in [1.54, 1.807) is 0 Å². The third kappa shape index (κ3) is 5.17. The summed E-state index contributed by atoms with van der Waals surface area (Å²) in [5.74, 6) is 0.258. The topological polar surface area (TPSA) is 55.1 Å². The van der Waals surface area contributed by atoms with Crippen molar-refractivity contribution >= 4 is 5.91 Å². The van der Waals surface area contributed by atoms with Crippen molar-refractivity contribution in [1.82, 2.24) is 5.32 Å². The monoisotopic (exact) mass is 214 g/mol. The Bertz CT molecular complexity index is 182. The molecule has 1 amide bonds. The van der Waals surface area contributed by atoms with Crippen LogP contribution in [0.5, 0.6) is 0 Å². The van der Waals surface area contributed by atoms with Crippen molar-refractivity contribution in [3.63, 3.8) is 0 Å². The van der Waals surface area contributed by atoms with E-state index in [1.165, 1.54) is 0 Å². The fourth-order valence-electron chi connectivity index (χ4n) is 1.54. The standard InChI is InChI=1S/C12H26N2O/c1-5-8-10(7-3)14-12(15)11(13)9(4)6-2/h9-11H,5-8,13H2,1-4H3,(H,14,15)/t9-,10?,11-/m0/s1. The van der Waals surface area contributed by atoms with Crippen LogP contribution in [0.25, 0.3) is 0 Å². The van der Waals surface area contributed by atoms with Gasteiger partial charge in [-0.1, -0.05) is 40.5 Å². The first-order valence-corrected chi connectivity index (χ1v) is 6.12. The molecule has 0 heterocycles. The fraction of sp³-hybridized carbons (Fsp3) is 0.917. The third-order valence-electron chi connectivity index (χ3n) is 3.04. The summed E-state index contributed by atoms with van der Waals surface area (Å²) in [5.41, 5.74) is 5.86. The molecule has 0 spiro atoms. The normalized spacial score (nSPS) is 16.9. The molecule has 0 saturated carbocycles. The van der Waals surface area contributed by atoms with E-state index in [9.17, 15) is 4.79 Å². The second-order valence-electron chi connectivity index (χ2n) is 4.31.